The molecule has 1 spiro atoms. The maximum atomic E-state index is 2.35. The lowest BCUT2D eigenvalue weighted by atomic mass is 9.66. The molecule has 1 aliphatic heterocycles. The number of nitrogens with zero attached hydrogens (tertiary/aromatic N) is 1. The topological polar surface area (TPSA) is 3.24 Å². The molecule has 0 radical (unpaired) electrons. The zero-order valence-electron chi connectivity index (χ0n) is 17.2. The van der Waals surface area contributed by atoms with E-state index in [4.69, 9.17) is 0 Å². The Morgan fingerprint density at radius 3 is 1.87 bits per heavy atom. The van der Waals surface area contributed by atoms with Gasteiger partial charge in [-0.05, 0) is 65.2 Å². The summed E-state index contributed by atoms with van der Waals surface area (Å²) in [6.45, 7) is 0.929. The van der Waals surface area contributed by atoms with Gasteiger partial charge in [-0.25, -0.2) is 0 Å². The van der Waals surface area contributed by atoms with Crippen molar-refractivity contribution in [3.05, 3.63) is 119 Å². The summed E-state index contributed by atoms with van der Waals surface area (Å²) >= 11 is 1.92. The summed E-state index contributed by atoms with van der Waals surface area (Å²) in [7, 11) is 4.32. The van der Waals surface area contributed by atoms with Crippen LogP contribution in [0.2, 0.25) is 0 Å². The summed E-state index contributed by atoms with van der Waals surface area (Å²) in [5.74, 6) is 0. The van der Waals surface area contributed by atoms with E-state index in [9.17, 15) is 0 Å². The lowest BCUT2D eigenvalue weighted by Crippen LogP contribution is -2.34. The average molecular weight is 406 g/mol. The molecule has 0 atom stereocenters. The second-order valence-electron chi connectivity index (χ2n) is 8.47. The largest absolute Gasteiger partial charge is 0.305 e. The number of hydrogen-bond acceptors (Lipinski definition) is 2. The maximum Gasteiger partial charge on any atom is 0.0738 e. The van der Waals surface area contributed by atoms with Crippen LogP contribution in [0.25, 0.3) is 11.1 Å². The minimum absolute atomic E-state index is 0.267. The molecule has 4 aromatic carbocycles. The summed E-state index contributed by atoms with van der Waals surface area (Å²) in [6, 6.07) is 33.9. The molecule has 2 heteroatoms. The number of rotatable bonds is 2. The Kier molecular flexibility index (Phi) is 3.96. The third-order valence-electron chi connectivity index (χ3n) is 6.44. The van der Waals surface area contributed by atoms with E-state index in [1.54, 1.807) is 0 Å². The standard InChI is InChI=1S/C28H23NS/c1-29(2)18-19-10-9-17-26-27(19)28(24-15-7-8-16-25(24)30-26)22-13-5-3-11-20(22)21-12-4-6-14-23(21)28/h3-17H,18H2,1-2H3. The molecule has 0 bridgehead atoms. The summed E-state index contributed by atoms with van der Waals surface area (Å²) in [4.78, 5) is 5.01. The van der Waals surface area contributed by atoms with Crippen molar-refractivity contribution in [1.82, 2.24) is 4.90 Å². The van der Waals surface area contributed by atoms with Gasteiger partial charge in [-0.2, -0.15) is 0 Å². The van der Waals surface area contributed by atoms with Crippen molar-refractivity contribution >= 4 is 11.8 Å². The molecule has 0 unspecified atom stereocenters. The fraction of sp³-hybridized carbons (Fsp3) is 0.143. The van der Waals surface area contributed by atoms with E-state index >= 15 is 0 Å². The van der Waals surface area contributed by atoms with Crippen molar-refractivity contribution in [3.8, 4) is 11.1 Å². The predicted octanol–water partition coefficient (Wildman–Crippen LogP) is 6.58. The lowest BCUT2D eigenvalue weighted by molar-refractivity contribution is 0.398. The second kappa shape index (κ2) is 6.60. The fourth-order valence-electron chi connectivity index (χ4n) is 5.47. The molecule has 1 aliphatic carbocycles. The van der Waals surface area contributed by atoms with Crippen LogP contribution in [0.1, 0.15) is 27.8 Å². The van der Waals surface area contributed by atoms with Crippen LogP contribution in [0.15, 0.2) is 101 Å². The molecule has 0 saturated heterocycles. The van der Waals surface area contributed by atoms with Gasteiger partial charge in [-0.3, -0.25) is 0 Å². The molecule has 0 fully saturated rings. The summed E-state index contributed by atoms with van der Waals surface area (Å²) in [5.41, 5.74) is 9.55. The van der Waals surface area contributed by atoms with Crippen LogP contribution < -0.4 is 0 Å². The third-order valence-corrected chi connectivity index (χ3v) is 7.57. The van der Waals surface area contributed by atoms with Gasteiger partial charge in [0.05, 0.1) is 5.41 Å². The molecule has 0 N–H and O–H groups in total. The van der Waals surface area contributed by atoms with Crippen LogP contribution in [0, 0.1) is 0 Å². The van der Waals surface area contributed by atoms with Crippen molar-refractivity contribution in [1.29, 1.82) is 0 Å². The molecule has 30 heavy (non-hydrogen) atoms. The number of benzene rings is 4. The minimum Gasteiger partial charge on any atom is -0.305 e. The van der Waals surface area contributed by atoms with Crippen molar-refractivity contribution in [2.24, 2.45) is 0 Å². The van der Waals surface area contributed by atoms with E-state index in [2.05, 4.69) is 110 Å². The molecule has 0 aromatic heterocycles. The zero-order chi connectivity index (χ0) is 20.3. The Labute approximate surface area is 182 Å². The molecular formula is C28H23NS. The summed E-state index contributed by atoms with van der Waals surface area (Å²) < 4.78 is 0. The Bertz CT molecular complexity index is 1240. The highest BCUT2D eigenvalue weighted by molar-refractivity contribution is 7.99. The average Bonchev–Trinajstić information content (AvgIpc) is 3.05. The van der Waals surface area contributed by atoms with Gasteiger partial charge in [-0.15, -0.1) is 0 Å². The van der Waals surface area contributed by atoms with Crippen LogP contribution in [0.4, 0.5) is 0 Å². The first kappa shape index (κ1) is 18.0. The van der Waals surface area contributed by atoms with Gasteiger partial charge >= 0.3 is 0 Å². The van der Waals surface area contributed by atoms with Gasteiger partial charge in [0, 0.05) is 16.3 Å². The van der Waals surface area contributed by atoms with Crippen LogP contribution in [-0.2, 0) is 12.0 Å². The van der Waals surface area contributed by atoms with E-state index in [0.717, 1.165) is 6.54 Å². The molecule has 1 heterocycles. The molecule has 2 aliphatic rings. The monoisotopic (exact) mass is 405 g/mol. The first-order valence-electron chi connectivity index (χ1n) is 10.4. The Morgan fingerprint density at radius 1 is 0.633 bits per heavy atom. The highest BCUT2D eigenvalue weighted by Crippen LogP contribution is 2.62. The fourth-order valence-corrected chi connectivity index (χ4v) is 6.72. The van der Waals surface area contributed by atoms with Crippen LogP contribution in [0.5, 0.6) is 0 Å². The van der Waals surface area contributed by atoms with Gasteiger partial charge in [0.15, 0.2) is 0 Å². The van der Waals surface area contributed by atoms with Crippen LogP contribution in [0.3, 0.4) is 0 Å². The van der Waals surface area contributed by atoms with Crippen molar-refractivity contribution in [2.45, 2.75) is 21.8 Å². The van der Waals surface area contributed by atoms with Gasteiger partial charge < -0.3 is 4.90 Å². The number of hydrogen-bond donors (Lipinski definition) is 0. The second-order valence-corrected chi connectivity index (χ2v) is 9.55. The Hall–Kier alpha value is -2.81. The van der Waals surface area contributed by atoms with E-state index < -0.39 is 0 Å². The van der Waals surface area contributed by atoms with Gasteiger partial charge in [0.25, 0.3) is 0 Å². The smallest absolute Gasteiger partial charge is 0.0738 e. The highest BCUT2D eigenvalue weighted by atomic mass is 32.2. The summed E-state index contributed by atoms with van der Waals surface area (Å²) in [6.07, 6.45) is 0. The third kappa shape index (κ3) is 2.29. The number of fused-ring (bicyclic) bond motifs is 9. The molecule has 146 valence electrons. The normalized spacial score (nSPS) is 14.9. The van der Waals surface area contributed by atoms with Gasteiger partial charge in [0.1, 0.15) is 0 Å². The molecule has 0 amide bonds. The van der Waals surface area contributed by atoms with Crippen LogP contribution >= 0.6 is 11.8 Å². The summed E-state index contributed by atoms with van der Waals surface area (Å²) in [5, 5.41) is 0. The van der Waals surface area contributed by atoms with Crippen molar-refractivity contribution in [3.63, 3.8) is 0 Å². The van der Waals surface area contributed by atoms with Crippen LogP contribution in [-0.4, -0.2) is 19.0 Å². The Balaban J connectivity index is 1.82. The quantitative estimate of drug-likeness (QED) is 0.320. The van der Waals surface area contributed by atoms with E-state index in [1.807, 2.05) is 11.8 Å². The van der Waals surface area contributed by atoms with E-state index in [0.29, 0.717) is 0 Å². The Morgan fingerprint density at radius 2 is 1.20 bits per heavy atom. The molecule has 1 nitrogen and oxygen atoms in total. The molecule has 0 saturated carbocycles. The van der Waals surface area contributed by atoms with E-state index in [1.165, 1.54) is 48.7 Å². The van der Waals surface area contributed by atoms with Gasteiger partial charge in [0.2, 0.25) is 0 Å². The van der Waals surface area contributed by atoms with Gasteiger partial charge in [-0.1, -0.05) is 90.6 Å². The SMILES string of the molecule is CN(C)Cc1cccc2c1C1(c3ccccc3S2)c2ccccc2-c2ccccc21. The van der Waals surface area contributed by atoms with Crippen molar-refractivity contribution in [2.75, 3.05) is 14.1 Å². The first-order valence-corrected chi connectivity index (χ1v) is 11.3. The lowest BCUT2D eigenvalue weighted by Gasteiger charge is -2.41. The van der Waals surface area contributed by atoms with Crippen molar-refractivity contribution < 1.29 is 0 Å². The maximum absolute atomic E-state index is 2.35. The zero-order valence-corrected chi connectivity index (χ0v) is 18.0. The molecular weight excluding hydrogens is 382 g/mol. The first-order chi connectivity index (χ1) is 14.7. The molecule has 6 rings (SSSR count). The van der Waals surface area contributed by atoms with E-state index in [-0.39, 0.29) is 5.41 Å². The highest BCUT2D eigenvalue weighted by Gasteiger charge is 2.50. The predicted molar refractivity (Wildman–Crippen MR) is 125 cm³/mol. The minimum atomic E-state index is -0.267. The molecule has 4 aromatic rings.